The van der Waals surface area contributed by atoms with Crippen LogP contribution in [0, 0.1) is 17.0 Å². The van der Waals surface area contributed by atoms with Gasteiger partial charge in [-0.25, -0.2) is 8.42 Å². The number of halogens is 3. The Kier molecular flexibility index (Phi) is 6.40. The molecule has 0 aliphatic heterocycles. The first kappa shape index (κ1) is 23.7. The summed E-state index contributed by atoms with van der Waals surface area (Å²) >= 11 is 0. The number of nitro benzene ring substituents is 1. The number of alkyl halides is 3. The van der Waals surface area contributed by atoms with Crippen molar-refractivity contribution in [3.8, 4) is 0 Å². The van der Waals surface area contributed by atoms with Crippen LogP contribution in [0.4, 0.5) is 30.2 Å². The molecule has 0 saturated carbocycles. The van der Waals surface area contributed by atoms with Crippen LogP contribution in [0.1, 0.15) is 21.5 Å². The number of anilines is 2. The van der Waals surface area contributed by atoms with E-state index in [2.05, 4.69) is 10.0 Å². The van der Waals surface area contributed by atoms with Gasteiger partial charge < -0.3 is 5.32 Å². The van der Waals surface area contributed by atoms with E-state index in [0.29, 0.717) is 6.07 Å². The summed E-state index contributed by atoms with van der Waals surface area (Å²) in [6.07, 6.45) is -4.63. The highest BCUT2D eigenvalue weighted by Crippen LogP contribution is 2.31. The molecule has 0 aliphatic rings. The number of benzene rings is 3. The quantitative estimate of drug-likeness (QED) is 0.382. The molecule has 2 N–H and O–H groups in total. The molecule has 0 bridgehead atoms. The Morgan fingerprint density at radius 1 is 1.00 bits per heavy atom. The van der Waals surface area contributed by atoms with Gasteiger partial charge in [0.25, 0.3) is 21.6 Å². The second kappa shape index (κ2) is 8.90. The number of carbonyl (C=O) groups is 1. The molecule has 3 aromatic carbocycles. The van der Waals surface area contributed by atoms with E-state index in [-0.39, 0.29) is 33.1 Å². The number of amides is 1. The molecule has 0 aliphatic carbocycles. The molecule has 0 unspecified atom stereocenters. The maximum atomic E-state index is 12.8. The fourth-order valence-electron chi connectivity index (χ4n) is 2.91. The number of sulfonamides is 1. The third-order valence-electron chi connectivity index (χ3n) is 4.62. The molecule has 0 radical (unpaired) electrons. The van der Waals surface area contributed by atoms with E-state index < -0.39 is 32.6 Å². The summed E-state index contributed by atoms with van der Waals surface area (Å²) in [5.41, 5.74) is -0.912. The lowest BCUT2D eigenvalue weighted by Gasteiger charge is -2.12. The maximum absolute atomic E-state index is 12.8. The van der Waals surface area contributed by atoms with Crippen molar-refractivity contribution in [1.82, 2.24) is 0 Å². The van der Waals surface area contributed by atoms with Crippen molar-refractivity contribution in [1.29, 1.82) is 0 Å². The standard InChI is InChI=1S/C21H16F3N3O5S/c1-13-18(6-3-7-19(13)27(29)30)25-20(28)14-8-10-17(11-9-14)33(31,32)26-16-5-2-4-15(12-16)21(22,23)24/h2-12,26H,1H3,(H,25,28). The fourth-order valence-corrected chi connectivity index (χ4v) is 3.96. The lowest BCUT2D eigenvalue weighted by atomic mass is 10.1. The first-order chi connectivity index (χ1) is 15.4. The predicted molar refractivity (Wildman–Crippen MR) is 114 cm³/mol. The van der Waals surface area contributed by atoms with Gasteiger partial charge in [0.1, 0.15) is 0 Å². The summed E-state index contributed by atoms with van der Waals surface area (Å²) in [6.45, 7) is 1.48. The third kappa shape index (κ3) is 5.47. The normalized spacial score (nSPS) is 11.6. The van der Waals surface area contributed by atoms with Gasteiger partial charge in [-0.05, 0) is 55.5 Å². The molecule has 0 spiro atoms. The summed E-state index contributed by atoms with van der Waals surface area (Å²) in [4.78, 5) is 22.7. The van der Waals surface area contributed by atoms with Crippen molar-refractivity contribution in [2.75, 3.05) is 10.0 Å². The van der Waals surface area contributed by atoms with Gasteiger partial charge in [0.05, 0.1) is 26.6 Å². The van der Waals surface area contributed by atoms with Crippen LogP contribution >= 0.6 is 0 Å². The smallest absolute Gasteiger partial charge is 0.321 e. The molecule has 33 heavy (non-hydrogen) atoms. The largest absolute Gasteiger partial charge is 0.416 e. The van der Waals surface area contributed by atoms with Gasteiger partial charge >= 0.3 is 6.18 Å². The van der Waals surface area contributed by atoms with Crippen LogP contribution < -0.4 is 10.0 Å². The first-order valence-electron chi connectivity index (χ1n) is 9.24. The zero-order chi connectivity index (χ0) is 24.4. The Labute approximate surface area is 186 Å². The Bertz CT molecular complexity index is 1320. The fraction of sp³-hybridized carbons (Fsp3) is 0.0952. The average Bonchev–Trinajstić information content (AvgIpc) is 2.74. The highest BCUT2D eigenvalue weighted by molar-refractivity contribution is 7.92. The van der Waals surface area contributed by atoms with Crippen LogP contribution in [0.15, 0.2) is 71.6 Å². The molecule has 1 amide bonds. The number of nitrogens with zero attached hydrogens (tertiary/aromatic N) is 1. The predicted octanol–water partition coefficient (Wildman–Crippen LogP) is 4.98. The van der Waals surface area contributed by atoms with Gasteiger partial charge in [0.15, 0.2) is 0 Å². The minimum absolute atomic E-state index is 0.0684. The van der Waals surface area contributed by atoms with Crippen LogP contribution in [-0.2, 0) is 16.2 Å². The van der Waals surface area contributed by atoms with Crippen LogP contribution in [0.25, 0.3) is 0 Å². The second-order valence-electron chi connectivity index (χ2n) is 6.87. The molecule has 0 heterocycles. The van der Waals surface area contributed by atoms with Crippen molar-refractivity contribution in [3.63, 3.8) is 0 Å². The van der Waals surface area contributed by atoms with Gasteiger partial charge in [0, 0.05) is 17.3 Å². The minimum atomic E-state index is -4.63. The summed E-state index contributed by atoms with van der Waals surface area (Å²) in [7, 11) is -4.22. The van der Waals surface area contributed by atoms with Crippen molar-refractivity contribution < 1.29 is 31.3 Å². The molecule has 3 aromatic rings. The van der Waals surface area contributed by atoms with E-state index in [1.165, 1.54) is 43.3 Å². The summed E-state index contributed by atoms with van der Waals surface area (Å²) in [5.74, 6) is -0.631. The summed E-state index contributed by atoms with van der Waals surface area (Å²) < 4.78 is 65.6. The SMILES string of the molecule is Cc1c(NC(=O)c2ccc(S(=O)(=O)Nc3cccc(C(F)(F)F)c3)cc2)cccc1[N+](=O)[O-]. The van der Waals surface area contributed by atoms with E-state index in [1.54, 1.807) is 0 Å². The van der Waals surface area contributed by atoms with Crippen LogP contribution in [0.3, 0.4) is 0 Å². The molecule has 0 saturated heterocycles. The van der Waals surface area contributed by atoms with Crippen molar-refractivity contribution in [2.24, 2.45) is 0 Å². The number of rotatable bonds is 6. The van der Waals surface area contributed by atoms with Gasteiger partial charge in [0.2, 0.25) is 0 Å². The van der Waals surface area contributed by atoms with Gasteiger partial charge in [-0.1, -0.05) is 12.1 Å². The van der Waals surface area contributed by atoms with Crippen LogP contribution in [0.5, 0.6) is 0 Å². The Morgan fingerprint density at radius 2 is 1.64 bits per heavy atom. The van der Waals surface area contributed by atoms with E-state index >= 15 is 0 Å². The molecule has 8 nitrogen and oxygen atoms in total. The monoisotopic (exact) mass is 479 g/mol. The minimum Gasteiger partial charge on any atom is -0.321 e. The van der Waals surface area contributed by atoms with Crippen LogP contribution in [-0.4, -0.2) is 19.2 Å². The van der Waals surface area contributed by atoms with Crippen molar-refractivity contribution in [2.45, 2.75) is 18.0 Å². The van der Waals surface area contributed by atoms with Crippen LogP contribution in [0.2, 0.25) is 0 Å². The van der Waals surface area contributed by atoms with E-state index in [4.69, 9.17) is 0 Å². The third-order valence-corrected chi connectivity index (χ3v) is 6.02. The summed E-state index contributed by atoms with van der Waals surface area (Å²) in [6, 6.07) is 12.6. The topological polar surface area (TPSA) is 118 Å². The number of hydrogen-bond donors (Lipinski definition) is 2. The molecule has 0 fully saturated rings. The molecule has 0 atom stereocenters. The molecule has 12 heteroatoms. The zero-order valence-electron chi connectivity index (χ0n) is 16.9. The number of nitro groups is 1. The first-order valence-corrected chi connectivity index (χ1v) is 10.7. The number of nitrogens with one attached hydrogen (secondary N) is 2. The van der Waals surface area contributed by atoms with Crippen molar-refractivity contribution in [3.05, 3.63) is 93.5 Å². The van der Waals surface area contributed by atoms with Gasteiger partial charge in [-0.3, -0.25) is 19.6 Å². The van der Waals surface area contributed by atoms with Crippen molar-refractivity contribution >= 4 is 33.0 Å². The Hall–Kier alpha value is -3.93. The molecular formula is C21H16F3N3O5S. The average molecular weight is 479 g/mol. The van der Waals surface area contributed by atoms with E-state index in [1.807, 2.05) is 0 Å². The summed E-state index contributed by atoms with van der Waals surface area (Å²) in [5, 5.41) is 13.6. The maximum Gasteiger partial charge on any atom is 0.416 e. The molecular weight excluding hydrogens is 463 g/mol. The Morgan fingerprint density at radius 3 is 2.24 bits per heavy atom. The number of hydrogen-bond acceptors (Lipinski definition) is 5. The molecule has 3 rings (SSSR count). The van der Waals surface area contributed by atoms with Gasteiger partial charge in [-0.2, -0.15) is 13.2 Å². The second-order valence-corrected chi connectivity index (χ2v) is 8.55. The highest BCUT2D eigenvalue weighted by Gasteiger charge is 2.30. The number of carbonyl (C=O) groups excluding carboxylic acids is 1. The van der Waals surface area contributed by atoms with E-state index in [9.17, 15) is 36.5 Å². The van der Waals surface area contributed by atoms with E-state index in [0.717, 1.165) is 24.3 Å². The zero-order valence-corrected chi connectivity index (χ0v) is 17.7. The lowest BCUT2D eigenvalue weighted by molar-refractivity contribution is -0.385. The molecule has 172 valence electrons. The highest BCUT2D eigenvalue weighted by atomic mass is 32.2. The Balaban J connectivity index is 1.78. The lowest BCUT2D eigenvalue weighted by Crippen LogP contribution is -2.16. The van der Waals surface area contributed by atoms with Gasteiger partial charge in [-0.15, -0.1) is 0 Å². The molecule has 0 aromatic heterocycles.